The number of aliphatic hydroxyl groups is 1. The smallest absolute Gasteiger partial charge is 0.119 e. The highest BCUT2D eigenvalue weighted by Crippen LogP contribution is 2.29. The van der Waals surface area contributed by atoms with E-state index in [1.54, 1.807) is 0 Å². The molecular formula is C19H27NO2. The topological polar surface area (TPSA) is 32.7 Å². The summed E-state index contributed by atoms with van der Waals surface area (Å²) in [5.41, 5.74) is 1.36. The van der Waals surface area contributed by atoms with E-state index in [0.29, 0.717) is 12.5 Å². The highest BCUT2D eigenvalue weighted by molar-refractivity contribution is 5.32. The van der Waals surface area contributed by atoms with Gasteiger partial charge < -0.3 is 14.7 Å². The second kappa shape index (κ2) is 7.80. The molecule has 2 aliphatic rings. The minimum absolute atomic E-state index is 0.374. The summed E-state index contributed by atoms with van der Waals surface area (Å²) in [6.07, 6.45) is 10.4. The van der Waals surface area contributed by atoms with Crippen LogP contribution >= 0.6 is 0 Å². The second-order valence-corrected chi connectivity index (χ2v) is 6.51. The molecule has 0 unspecified atom stereocenters. The molecule has 1 heterocycles. The third-order valence-corrected chi connectivity index (χ3v) is 4.68. The molecule has 0 bridgehead atoms. The Bertz CT molecular complexity index is 477. The van der Waals surface area contributed by atoms with Gasteiger partial charge in [-0.1, -0.05) is 30.7 Å². The number of rotatable bonds is 6. The van der Waals surface area contributed by atoms with Gasteiger partial charge in [0.1, 0.15) is 18.5 Å². The molecule has 1 aromatic rings. The van der Waals surface area contributed by atoms with Crippen LogP contribution in [0, 0.1) is 0 Å². The van der Waals surface area contributed by atoms with E-state index in [2.05, 4.69) is 29.2 Å². The van der Waals surface area contributed by atoms with E-state index in [9.17, 15) is 5.11 Å². The Balaban J connectivity index is 1.43. The van der Waals surface area contributed by atoms with Crippen molar-refractivity contribution >= 4 is 0 Å². The van der Waals surface area contributed by atoms with E-state index in [1.807, 2.05) is 12.1 Å². The number of β-amino-alcohol motifs (C(OH)–C–C–N with tert-alkyl or cyclic N) is 1. The minimum atomic E-state index is -0.407. The van der Waals surface area contributed by atoms with E-state index in [-0.39, 0.29) is 0 Å². The number of allylic oxidation sites excluding steroid dienone is 2. The molecule has 0 saturated carbocycles. The first-order valence-electron chi connectivity index (χ1n) is 8.61. The summed E-state index contributed by atoms with van der Waals surface area (Å²) in [7, 11) is 0. The van der Waals surface area contributed by atoms with Crippen LogP contribution in [0.25, 0.3) is 0 Å². The third kappa shape index (κ3) is 4.34. The predicted molar refractivity (Wildman–Crippen MR) is 89.3 cm³/mol. The Morgan fingerprint density at radius 3 is 2.59 bits per heavy atom. The molecule has 0 radical (unpaired) electrons. The van der Waals surface area contributed by atoms with Crippen LogP contribution in [0.4, 0.5) is 0 Å². The van der Waals surface area contributed by atoms with Crippen molar-refractivity contribution in [1.29, 1.82) is 0 Å². The Morgan fingerprint density at radius 1 is 1.14 bits per heavy atom. The molecule has 0 spiro atoms. The monoisotopic (exact) mass is 301 g/mol. The summed E-state index contributed by atoms with van der Waals surface area (Å²) in [6.45, 7) is 3.32. The normalized spacial score (nSPS) is 23.6. The average Bonchev–Trinajstić information content (AvgIpc) is 3.09. The largest absolute Gasteiger partial charge is 0.491 e. The van der Waals surface area contributed by atoms with Gasteiger partial charge in [-0.15, -0.1) is 0 Å². The van der Waals surface area contributed by atoms with Gasteiger partial charge >= 0.3 is 0 Å². The fraction of sp³-hybridized carbons (Fsp3) is 0.579. The van der Waals surface area contributed by atoms with Gasteiger partial charge in [0.2, 0.25) is 0 Å². The van der Waals surface area contributed by atoms with Gasteiger partial charge in [-0.2, -0.15) is 0 Å². The van der Waals surface area contributed by atoms with Crippen LogP contribution in [-0.4, -0.2) is 42.4 Å². The van der Waals surface area contributed by atoms with Crippen molar-refractivity contribution in [3.63, 3.8) is 0 Å². The lowest BCUT2D eigenvalue weighted by Crippen LogP contribution is -2.38. The van der Waals surface area contributed by atoms with Crippen LogP contribution in [0.1, 0.15) is 43.6 Å². The highest BCUT2D eigenvalue weighted by Gasteiger charge is 2.15. The van der Waals surface area contributed by atoms with E-state index in [1.165, 1.54) is 37.7 Å². The van der Waals surface area contributed by atoms with Gasteiger partial charge in [-0.3, -0.25) is 0 Å². The van der Waals surface area contributed by atoms with Crippen molar-refractivity contribution in [2.45, 2.75) is 44.1 Å². The highest BCUT2D eigenvalue weighted by atomic mass is 16.5. The quantitative estimate of drug-likeness (QED) is 0.818. The Morgan fingerprint density at radius 2 is 1.91 bits per heavy atom. The number of hydrogen-bond acceptors (Lipinski definition) is 3. The third-order valence-electron chi connectivity index (χ3n) is 4.68. The van der Waals surface area contributed by atoms with Gasteiger partial charge in [0, 0.05) is 12.5 Å². The summed E-state index contributed by atoms with van der Waals surface area (Å²) >= 11 is 0. The maximum atomic E-state index is 10.1. The first kappa shape index (κ1) is 15.6. The fourth-order valence-corrected chi connectivity index (χ4v) is 3.41. The van der Waals surface area contributed by atoms with E-state index >= 15 is 0 Å². The van der Waals surface area contributed by atoms with Crippen molar-refractivity contribution in [3.05, 3.63) is 42.0 Å². The Hall–Kier alpha value is -1.32. The van der Waals surface area contributed by atoms with Gasteiger partial charge in [-0.05, 0) is 56.5 Å². The standard InChI is InChI=1S/C19H27NO2/c21-18(14-20-12-4-1-5-13-20)15-22-19-10-8-17(9-11-19)16-6-2-3-7-16/h2,6,8-11,16,18,21H,1,3-5,7,12-15H2/t16-,18-/m0/s1. The maximum absolute atomic E-state index is 10.1. The van der Waals surface area contributed by atoms with Crippen molar-refractivity contribution in [3.8, 4) is 5.75 Å². The molecule has 1 fully saturated rings. The first-order chi connectivity index (χ1) is 10.8. The van der Waals surface area contributed by atoms with E-state index < -0.39 is 6.10 Å². The molecule has 1 aliphatic heterocycles. The molecule has 1 saturated heterocycles. The maximum Gasteiger partial charge on any atom is 0.119 e. The zero-order valence-electron chi connectivity index (χ0n) is 13.3. The zero-order valence-corrected chi connectivity index (χ0v) is 13.3. The molecule has 0 aromatic heterocycles. The fourth-order valence-electron chi connectivity index (χ4n) is 3.41. The van der Waals surface area contributed by atoms with Crippen LogP contribution in [0.5, 0.6) is 5.75 Å². The molecule has 0 amide bonds. The van der Waals surface area contributed by atoms with Gasteiger partial charge in [0.05, 0.1) is 0 Å². The predicted octanol–water partition coefficient (Wildman–Crippen LogP) is 3.35. The lowest BCUT2D eigenvalue weighted by molar-refractivity contribution is 0.0617. The van der Waals surface area contributed by atoms with Crippen molar-refractivity contribution in [2.24, 2.45) is 0 Å². The molecule has 1 N–H and O–H groups in total. The second-order valence-electron chi connectivity index (χ2n) is 6.51. The molecule has 3 nitrogen and oxygen atoms in total. The molecule has 2 atom stereocenters. The molecule has 22 heavy (non-hydrogen) atoms. The summed E-state index contributed by atoms with van der Waals surface area (Å²) in [5.74, 6) is 1.42. The molecule has 1 aliphatic carbocycles. The molecule has 3 heteroatoms. The number of nitrogens with zero attached hydrogens (tertiary/aromatic N) is 1. The van der Waals surface area contributed by atoms with E-state index in [4.69, 9.17) is 4.74 Å². The van der Waals surface area contributed by atoms with Gasteiger partial charge in [-0.25, -0.2) is 0 Å². The Kier molecular flexibility index (Phi) is 5.52. The van der Waals surface area contributed by atoms with E-state index in [0.717, 1.165) is 25.4 Å². The van der Waals surface area contributed by atoms with Gasteiger partial charge in [0.25, 0.3) is 0 Å². The number of ether oxygens (including phenoxy) is 1. The number of likely N-dealkylation sites (tertiary alicyclic amines) is 1. The number of piperidine rings is 1. The van der Waals surface area contributed by atoms with Crippen LogP contribution in [0.15, 0.2) is 36.4 Å². The van der Waals surface area contributed by atoms with Crippen molar-refractivity contribution in [2.75, 3.05) is 26.2 Å². The molecule has 1 aromatic carbocycles. The Labute approximate surface area is 133 Å². The molecule has 120 valence electrons. The minimum Gasteiger partial charge on any atom is -0.491 e. The van der Waals surface area contributed by atoms with Crippen molar-refractivity contribution < 1.29 is 9.84 Å². The lowest BCUT2D eigenvalue weighted by atomic mass is 9.99. The number of hydrogen-bond donors (Lipinski definition) is 1. The van der Waals surface area contributed by atoms with Crippen LogP contribution in [0.2, 0.25) is 0 Å². The average molecular weight is 301 g/mol. The van der Waals surface area contributed by atoms with Crippen LogP contribution in [-0.2, 0) is 0 Å². The molecule has 3 rings (SSSR count). The summed E-state index contributed by atoms with van der Waals surface area (Å²) in [4.78, 5) is 2.34. The van der Waals surface area contributed by atoms with Crippen LogP contribution < -0.4 is 4.74 Å². The SMILES string of the molecule is O[C@H](COc1ccc([C@H]2C=CCC2)cc1)CN1CCCCC1. The summed E-state index contributed by atoms with van der Waals surface area (Å²) in [5, 5.41) is 10.1. The van der Waals surface area contributed by atoms with Crippen molar-refractivity contribution in [1.82, 2.24) is 4.90 Å². The summed E-state index contributed by atoms with van der Waals surface area (Å²) in [6, 6.07) is 8.34. The summed E-state index contributed by atoms with van der Waals surface area (Å²) < 4.78 is 5.73. The zero-order chi connectivity index (χ0) is 15.2. The van der Waals surface area contributed by atoms with Crippen LogP contribution in [0.3, 0.4) is 0 Å². The number of benzene rings is 1. The lowest BCUT2D eigenvalue weighted by Gasteiger charge is -2.28. The molecular weight excluding hydrogens is 274 g/mol. The first-order valence-corrected chi connectivity index (χ1v) is 8.61. The van der Waals surface area contributed by atoms with Gasteiger partial charge in [0.15, 0.2) is 0 Å². The number of aliphatic hydroxyl groups excluding tert-OH is 1.